The van der Waals surface area contributed by atoms with Crippen LogP contribution in [0.3, 0.4) is 0 Å². The molecule has 0 saturated heterocycles. The van der Waals surface area contributed by atoms with Crippen LogP contribution in [-0.2, 0) is 0 Å². The van der Waals surface area contributed by atoms with Crippen molar-refractivity contribution in [3.05, 3.63) is 55.0 Å². The fourth-order valence-corrected chi connectivity index (χ4v) is 4.36. The molecular weight excluding hydrogens is 650 g/mol. The van der Waals surface area contributed by atoms with Gasteiger partial charge < -0.3 is 30.6 Å². The number of amides is 4. The van der Waals surface area contributed by atoms with Crippen LogP contribution in [0.4, 0.5) is 29.7 Å². The van der Waals surface area contributed by atoms with Gasteiger partial charge in [-0.15, -0.1) is 0 Å². The number of anilines is 2. The van der Waals surface area contributed by atoms with Gasteiger partial charge in [0.25, 0.3) is 0 Å². The van der Waals surface area contributed by atoms with Gasteiger partial charge in [0.05, 0.1) is 16.9 Å². The Morgan fingerprint density at radius 3 is 1.51 bits per heavy atom. The van der Waals surface area contributed by atoms with Gasteiger partial charge in [-0.2, -0.15) is 0 Å². The Morgan fingerprint density at radius 1 is 0.821 bits per heavy atom. The van der Waals surface area contributed by atoms with Crippen LogP contribution in [0.25, 0.3) is 0 Å². The molecule has 2 aromatic rings. The number of benzene rings is 2. The Morgan fingerprint density at radius 2 is 1.18 bits per heavy atom. The third-order valence-electron chi connectivity index (χ3n) is 5.70. The van der Waals surface area contributed by atoms with Gasteiger partial charge in [0.1, 0.15) is 23.8 Å². The summed E-state index contributed by atoms with van der Waals surface area (Å²) in [6, 6.07) is 1.36. The van der Waals surface area contributed by atoms with Gasteiger partial charge in [-0.3, -0.25) is 4.79 Å². The Hall–Kier alpha value is -3.10. The van der Waals surface area contributed by atoms with Crippen molar-refractivity contribution in [2.45, 2.75) is 27.7 Å². The minimum Gasteiger partial charge on any atom is -0.478 e. The summed E-state index contributed by atoms with van der Waals surface area (Å²) in [6.45, 7) is 6.78. The van der Waals surface area contributed by atoms with Crippen molar-refractivity contribution in [3.8, 4) is 0 Å². The molecule has 0 aliphatic heterocycles. The molecule has 0 fully saturated rings. The third-order valence-corrected chi connectivity index (χ3v) is 6.96. The van der Waals surface area contributed by atoms with Crippen molar-refractivity contribution in [1.29, 1.82) is 0 Å². The molecule has 214 valence electrons. The molecule has 14 heteroatoms. The molecular formula is C25H30Br2F2N4O6. The van der Waals surface area contributed by atoms with Crippen molar-refractivity contribution >= 4 is 67.0 Å². The van der Waals surface area contributed by atoms with E-state index < -0.39 is 41.6 Å². The maximum atomic E-state index is 13.8. The third kappa shape index (κ3) is 8.44. The predicted molar refractivity (Wildman–Crippen MR) is 151 cm³/mol. The molecule has 0 radical (unpaired) electrons. The first-order valence-electron chi connectivity index (χ1n) is 11.5. The molecule has 4 amide bonds. The topological polar surface area (TPSA) is 139 Å². The number of carbonyl (C=O) groups is 4. The lowest BCUT2D eigenvalue weighted by atomic mass is 10.0. The zero-order valence-electron chi connectivity index (χ0n) is 22.2. The van der Waals surface area contributed by atoms with Crippen LogP contribution in [0.2, 0.25) is 0 Å². The van der Waals surface area contributed by atoms with E-state index in [0.29, 0.717) is 27.7 Å². The number of aromatic carboxylic acids is 1. The van der Waals surface area contributed by atoms with Gasteiger partial charge in [0.15, 0.2) is 5.78 Å². The summed E-state index contributed by atoms with van der Waals surface area (Å²) < 4.78 is 28.0. The van der Waals surface area contributed by atoms with Crippen molar-refractivity contribution in [1.82, 2.24) is 9.80 Å². The summed E-state index contributed by atoms with van der Waals surface area (Å²) in [5.41, 5.74) is 0.339. The summed E-state index contributed by atoms with van der Waals surface area (Å²) in [5.74, 6) is -3.69. The van der Waals surface area contributed by atoms with Crippen molar-refractivity contribution in [2.24, 2.45) is 0 Å². The average molecular weight is 680 g/mol. The van der Waals surface area contributed by atoms with E-state index >= 15 is 0 Å². The number of aliphatic hydroxyl groups is 1. The second kappa shape index (κ2) is 14.9. The molecule has 10 nitrogen and oxygen atoms in total. The van der Waals surface area contributed by atoms with Crippen molar-refractivity contribution in [2.75, 3.05) is 44.4 Å². The van der Waals surface area contributed by atoms with E-state index in [9.17, 15) is 28.0 Å². The summed E-state index contributed by atoms with van der Waals surface area (Å²) in [5, 5.41) is 23.0. The molecule has 0 heterocycles. The summed E-state index contributed by atoms with van der Waals surface area (Å²) in [7, 11) is 3.21. The van der Waals surface area contributed by atoms with Gasteiger partial charge >= 0.3 is 18.0 Å². The molecule has 0 spiro atoms. The number of halogens is 4. The first-order chi connectivity index (χ1) is 18.1. The lowest BCUT2D eigenvalue weighted by Crippen LogP contribution is -2.31. The fourth-order valence-electron chi connectivity index (χ4n) is 3.16. The largest absolute Gasteiger partial charge is 0.478 e. The second-order valence-corrected chi connectivity index (χ2v) is 9.91. The number of aliphatic hydroxyl groups excluding tert-OH is 1. The van der Waals surface area contributed by atoms with Crippen LogP contribution in [0, 0.1) is 25.5 Å². The Bertz CT molecular complexity index is 1280. The maximum Gasteiger partial charge on any atom is 0.339 e. The van der Waals surface area contributed by atoms with Crippen LogP contribution >= 0.6 is 31.9 Å². The average Bonchev–Trinajstić information content (AvgIpc) is 2.87. The first kappa shape index (κ1) is 33.9. The van der Waals surface area contributed by atoms with Crippen LogP contribution < -0.4 is 10.6 Å². The molecule has 2 aromatic carbocycles. The predicted octanol–water partition coefficient (Wildman–Crippen LogP) is 5.63. The number of rotatable bonds is 7. The standard InChI is InChI=1S/C13H16BrFN2O3.C12H14BrFN2O3/c1-4-17(3)13(20)16-12-7(2)11(10(19)6-18)9(15)5-8(12)14;1-4-16(3)12(19)15-10-6(2)9(11(17)18)8(14)5-7(10)13/h5,18H,4,6H2,1-3H3,(H,16,20);5H,4H2,1-3H3,(H,15,19)(H,17,18). The molecule has 0 atom stereocenters. The van der Waals surface area contributed by atoms with E-state index in [1.54, 1.807) is 21.0 Å². The molecule has 0 saturated carbocycles. The summed E-state index contributed by atoms with van der Waals surface area (Å²) >= 11 is 6.27. The number of Topliss-reactive ketones (excluding diaryl/α,β-unsaturated/α-hetero) is 1. The van der Waals surface area contributed by atoms with E-state index in [1.807, 2.05) is 6.92 Å². The number of carboxylic acids is 1. The molecule has 0 bridgehead atoms. The highest BCUT2D eigenvalue weighted by molar-refractivity contribution is 9.11. The normalized spacial score (nSPS) is 10.2. The van der Waals surface area contributed by atoms with Crippen LogP contribution in [0.1, 0.15) is 45.7 Å². The Balaban J connectivity index is 0.000000391. The highest BCUT2D eigenvalue weighted by Crippen LogP contribution is 2.32. The van der Waals surface area contributed by atoms with E-state index in [4.69, 9.17) is 10.2 Å². The fraction of sp³-hybridized carbons (Fsp3) is 0.360. The van der Waals surface area contributed by atoms with Crippen LogP contribution in [-0.4, -0.2) is 77.6 Å². The minimum absolute atomic E-state index is 0.164. The molecule has 2 rings (SSSR count). The first-order valence-corrected chi connectivity index (χ1v) is 13.1. The summed E-state index contributed by atoms with van der Waals surface area (Å²) in [4.78, 5) is 49.0. The number of carbonyl (C=O) groups excluding carboxylic acids is 3. The minimum atomic E-state index is -1.37. The van der Waals surface area contributed by atoms with Crippen LogP contribution in [0.5, 0.6) is 0 Å². The molecule has 0 aromatic heterocycles. The SMILES string of the molecule is CCN(C)C(=O)Nc1c(Br)cc(F)c(C(=O)CO)c1C.CCN(C)C(=O)Nc1c(Br)cc(F)c(C(=O)O)c1C. The van der Waals surface area contributed by atoms with E-state index in [2.05, 4.69) is 42.5 Å². The van der Waals surface area contributed by atoms with E-state index in [1.165, 1.54) is 23.6 Å². The number of hydrogen-bond donors (Lipinski definition) is 4. The summed E-state index contributed by atoms with van der Waals surface area (Å²) in [6.07, 6.45) is 0. The number of carboxylic acid groups (broad SMARTS) is 1. The molecule has 0 aliphatic rings. The molecule has 0 unspecified atom stereocenters. The monoisotopic (exact) mass is 678 g/mol. The van der Waals surface area contributed by atoms with Gasteiger partial charge in [-0.1, -0.05) is 0 Å². The lowest BCUT2D eigenvalue weighted by molar-refractivity contribution is 0.0690. The van der Waals surface area contributed by atoms with Gasteiger partial charge in [0, 0.05) is 36.1 Å². The maximum absolute atomic E-state index is 13.8. The quantitative estimate of drug-likeness (QED) is 0.280. The highest BCUT2D eigenvalue weighted by atomic mass is 79.9. The molecule has 4 N–H and O–H groups in total. The number of hydrogen-bond acceptors (Lipinski definition) is 5. The molecule has 39 heavy (non-hydrogen) atoms. The Labute approximate surface area is 241 Å². The van der Waals surface area contributed by atoms with Gasteiger partial charge in [-0.05, 0) is 82.8 Å². The van der Waals surface area contributed by atoms with Crippen molar-refractivity contribution in [3.63, 3.8) is 0 Å². The van der Waals surface area contributed by atoms with Gasteiger partial charge in [0.2, 0.25) is 0 Å². The Kier molecular flexibility index (Phi) is 13.0. The zero-order chi connectivity index (χ0) is 30.2. The number of nitrogens with zero attached hydrogens (tertiary/aromatic N) is 2. The van der Waals surface area contributed by atoms with E-state index in [0.717, 1.165) is 12.1 Å². The van der Waals surface area contributed by atoms with Crippen molar-refractivity contribution < 1.29 is 38.2 Å². The number of ketones is 1. The zero-order valence-corrected chi connectivity index (χ0v) is 25.4. The number of urea groups is 2. The van der Waals surface area contributed by atoms with Gasteiger partial charge in [-0.25, -0.2) is 23.2 Å². The lowest BCUT2D eigenvalue weighted by Gasteiger charge is -2.19. The van der Waals surface area contributed by atoms with E-state index in [-0.39, 0.29) is 28.4 Å². The molecule has 0 aliphatic carbocycles. The second-order valence-electron chi connectivity index (χ2n) is 8.21. The number of nitrogens with one attached hydrogen (secondary N) is 2. The smallest absolute Gasteiger partial charge is 0.339 e. The highest BCUT2D eigenvalue weighted by Gasteiger charge is 2.22. The van der Waals surface area contributed by atoms with Crippen LogP contribution in [0.15, 0.2) is 21.1 Å².